The molecule has 1 saturated heterocycles. The summed E-state index contributed by atoms with van der Waals surface area (Å²) in [6.07, 6.45) is 8.54. The van der Waals surface area contributed by atoms with Gasteiger partial charge in [0.1, 0.15) is 16.9 Å². The molecule has 5 aromatic rings. The summed E-state index contributed by atoms with van der Waals surface area (Å²) >= 11 is 0. The van der Waals surface area contributed by atoms with E-state index in [1.165, 1.54) is 19.3 Å². The summed E-state index contributed by atoms with van der Waals surface area (Å²) in [7, 11) is 1.78. The van der Waals surface area contributed by atoms with E-state index < -0.39 is 0 Å². The molecule has 52 heavy (non-hydrogen) atoms. The van der Waals surface area contributed by atoms with Crippen molar-refractivity contribution in [2.75, 3.05) is 28.6 Å². The van der Waals surface area contributed by atoms with Crippen LogP contribution in [0.4, 0.5) is 17.7 Å². The third-order valence-electron chi connectivity index (χ3n) is 9.42. The zero-order valence-electron chi connectivity index (χ0n) is 32.2. The Balaban J connectivity index is 0.000000181. The lowest BCUT2D eigenvalue weighted by atomic mass is 9.92. The fraction of sp³-hybridized carbons (Fsp3) is 0.579. The molecule has 14 heteroatoms. The van der Waals surface area contributed by atoms with E-state index in [1.807, 2.05) is 39.8 Å². The summed E-state index contributed by atoms with van der Waals surface area (Å²) in [5, 5.41) is 14.0. The van der Waals surface area contributed by atoms with Gasteiger partial charge in [-0.25, -0.2) is 24.5 Å². The Bertz CT molecular complexity index is 2050. The van der Waals surface area contributed by atoms with Crippen molar-refractivity contribution in [3.05, 3.63) is 36.2 Å². The van der Waals surface area contributed by atoms with E-state index >= 15 is 0 Å². The van der Waals surface area contributed by atoms with Crippen LogP contribution in [-0.2, 0) is 16.6 Å². The number of imidazole rings is 2. The SMILES string of the molecule is CC1CCN(c2ccc3nc(NC(=O)CC(C)(C)C)n(C4CCC4)c3n2)CC1.Cc1ccc2nc(NC(=O)CC(C)(C)C)n(-c3cn(C)nn3)c2n1. The van der Waals surface area contributed by atoms with Crippen LogP contribution in [0.1, 0.15) is 105 Å². The molecule has 278 valence electrons. The third kappa shape index (κ3) is 8.76. The summed E-state index contributed by atoms with van der Waals surface area (Å²) < 4.78 is 5.49. The molecule has 0 spiro atoms. The Kier molecular flexibility index (Phi) is 10.4. The minimum atomic E-state index is -0.109. The molecule has 1 aliphatic heterocycles. The number of nitrogens with one attached hydrogen (secondary N) is 2. The van der Waals surface area contributed by atoms with Gasteiger partial charge in [-0.2, -0.15) is 0 Å². The van der Waals surface area contributed by atoms with Crippen LogP contribution in [0, 0.1) is 23.7 Å². The van der Waals surface area contributed by atoms with Gasteiger partial charge < -0.3 is 4.90 Å². The molecule has 0 atom stereocenters. The third-order valence-corrected chi connectivity index (χ3v) is 9.42. The molecule has 0 radical (unpaired) electrons. The van der Waals surface area contributed by atoms with Gasteiger partial charge in [0.2, 0.25) is 23.7 Å². The number of fused-ring (bicyclic) bond motifs is 2. The van der Waals surface area contributed by atoms with Gasteiger partial charge in [0.25, 0.3) is 0 Å². The highest BCUT2D eigenvalue weighted by molar-refractivity contribution is 5.92. The minimum Gasteiger partial charge on any atom is -0.357 e. The van der Waals surface area contributed by atoms with Crippen LogP contribution in [0.25, 0.3) is 28.1 Å². The van der Waals surface area contributed by atoms with Gasteiger partial charge in [0, 0.05) is 44.7 Å². The molecule has 1 saturated carbocycles. The average molecular weight is 711 g/mol. The Morgan fingerprint density at radius 2 is 1.37 bits per heavy atom. The highest BCUT2D eigenvalue weighted by Gasteiger charge is 2.28. The van der Waals surface area contributed by atoms with Gasteiger partial charge in [-0.15, -0.1) is 5.10 Å². The predicted octanol–water partition coefficient (Wildman–Crippen LogP) is 7.00. The largest absolute Gasteiger partial charge is 0.357 e. The first-order valence-electron chi connectivity index (χ1n) is 18.5. The molecule has 7 rings (SSSR count). The van der Waals surface area contributed by atoms with E-state index in [0.717, 1.165) is 54.5 Å². The maximum absolute atomic E-state index is 12.5. The van der Waals surface area contributed by atoms with E-state index in [1.54, 1.807) is 22.5 Å². The van der Waals surface area contributed by atoms with Crippen molar-refractivity contribution in [2.45, 2.75) is 106 Å². The number of pyridine rings is 2. The fourth-order valence-electron chi connectivity index (χ4n) is 6.55. The molecular formula is C38H54N12O2. The molecular weight excluding hydrogens is 656 g/mol. The normalized spacial score (nSPS) is 15.8. The molecule has 6 heterocycles. The molecule has 1 aliphatic carbocycles. The van der Waals surface area contributed by atoms with Crippen LogP contribution < -0.4 is 15.5 Å². The maximum Gasteiger partial charge on any atom is 0.227 e. The van der Waals surface area contributed by atoms with Crippen molar-refractivity contribution in [3.63, 3.8) is 0 Å². The first-order valence-corrected chi connectivity index (χ1v) is 18.5. The summed E-state index contributed by atoms with van der Waals surface area (Å²) in [5.74, 6) is 3.37. The number of hydrogen-bond acceptors (Lipinski definition) is 9. The lowest BCUT2D eigenvalue weighted by molar-refractivity contribution is -0.118. The van der Waals surface area contributed by atoms with Gasteiger partial charge in [0.15, 0.2) is 17.1 Å². The zero-order chi connectivity index (χ0) is 37.4. The van der Waals surface area contributed by atoms with Crippen LogP contribution in [0.3, 0.4) is 0 Å². The highest BCUT2D eigenvalue weighted by atomic mass is 16.2. The van der Waals surface area contributed by atoms with E-state index in [4.69, 9.17) is 9.97 Å². The predicted molar refractivity (Wildman–Crippen MR) is 205 cm³/mol. The standard InChI is InChI=1S/C22H33N5O.C16H21N7O/c1-15-10-12-26(13-11-15)18-9-8-17-20(24-18)27(16-6-5-7-16)21(23-17)25-19(28)14-22(2,3)4;1-10-6-7-11-14(17-10)23(12-9-22(5)21-20-12)15(18-11)19-13(24)8-16(2,3)4/h8-9,15-16H,5-7,10-14H2,1-4H3,(H,23,25,28);6-7,9H,8H2,1-5H3,(H,18,19,24). The molecule has 2 aliphatic rings. The van der Waals surface area contributed by atoms with Crippen molar-refractivity contribution in [1.82, 2.24) is 44.1 Å². The van der Waals surface area contributed by atoms with Gasteiger partial charge in [-0.1, -0.05) is 53.7 Å². The molecule has 0 unspecified atom stereocenters. The molecule has 2 fully saturated rings. The van der Waals surface area contributed by atoms with Crippen molar-refractivity contribution >= 4 is 51.9 Å². The van der Waals surface area contributed by atoms with Crippen LogP contribution in [0.5, 0.6) is 0 Å². The van der Waals surface area contributed by atoms with Gasteiger partial charge in [-0.3, -0.25) is 29.5 Å². The Morgan fingerprint density at radius 1 is 0.769 bits per heavy atom. The molecule has 14 nitrogen and oxygen atoms in total. The zero-order valence-corrected chi connectivity index (χ0v) is 32.2. The van der Waals surface area contributed by atoms with E-state index in [2.05, 4.69) is 80.2 Å². The number of amides is 2. The molecule has 0 aromatic carbocycles. The molecule has 2 amide bonds. The van der Waals surface area contributed by atoms with Crippen LogP contribution in [0.2, 0.25) is 0 Å². The summed E-state index contributed by atoms with van der Waals surface area (Å²) in [6.45, 7) is 18.6. The maximum atomic E-state index is 12.5. The number of piperidine rings is 1. The topological polar surface area (TPSA) is 154 Å². The average Bonchev–Trinajstić information content (AvgIpc) is 3.69. The van der Waals surface area contributed by atoms with E-state index in [-0.39, 0.29) is 22.6 Å². The summed E-state index contributed by atoms with van der Waals surface area (Å²) in [5.41, 5.74) is 3.81. The van der Waals surface area contributed by atoms with E-state index in [0.29, 0.717) is 47.8 Å². The van der Waals surface area contributed by atoms with Crippen molar-refractivity contribution in [3.8, 4) is 5.82 Å². The van der Waals surface area contributed by atoms with Crippen molar-refractivity contribution in [2.24, 2.45) is 23.8 Å². The van der Waals surface area contributed by atoms with Crippen LogP contribution in [0.15, 0.2) is 30.5 Å². The number of carbonyl (C=O) groups excluding carboxylic acids is 2. The number of aromatic nitrogens is 9. The quantitative estimate of drug-likeness (QED) is 0.182. The second-order valence-corrected chi connectivity index (χ2v) is 17.0. The Morgan fingerprint density at radius 3 is 1.94 bits per heavy atom. The monoisotopic (exact) mass is 710 g/mol. The lowest BCUT2D eigenvalue weighted by Gasteiger charge is -2.32. The molecule has 2 N–H and O–H groups in total. The van der Waals surface area contributed by atoms with Crippen molar-refractivity contribution in [1.29, 1.82) is 0 Å². The minimum absolute atomic E-state index is 0.0219. The first-order chi connectivity index (χ1) is 24.5. The molecule has 5 aromatic heterocycles. The van der Waals surface area contributed by atoms with E-state index in [9.17, 15) is 9.59 Å². The number of nitrogens with zero attached hydrogens (tertiary/aromatic N) is 10. The van der Waals surface area contributed by atoms with Crippen molar-refractivity contribution < 1.29 is 9.59 Å². The number of aryl methyl sites for hydroxylation is 2. The Hall–Kier alpha value is -4.88. The van der Waals surface area contributed by atoms with Gasteiger partial charge >= 0.3 is 0 Å². The van der Waals surface area contributed by atoms with Gasteiger partial charge in [-0.05, 0) is 80.0 Å². The summed E-state index contributed by atoms with van der Waals surface area (Å²) in [4.78, 5) is 46.0. The number of hydrogen-bond donors (Lipinski definition) is 2. The lowest BCUT2D eigenvalue weighted by Crippen LogP contribution is -2.33. The number of anilines is 3. The molecule has 0 bridgehead atoms. The van der Waals surface area contributed by atoms with Gasteiger partial charge in [0.05, 0.1) is 6.20 Å². The second kappa shape index (κ2) is 14.6. The highest BCUT2D eigenvalue weighted by Crippen LogP contribution is 2.37. The summed E-state index contributed by atoms with van der Waals surface area (Å²) in [6, 6.07) is 8.29. The smallest absolute Gasteiger partial charge is 0.227 e. The van der Waals surface area contributed by atoms with Crippen LogP contribution in [-0.4, -0.2) is 69.0 Å². The number of rotatable bonds is 7. The fourth-order valence-corrected chi connectivity index (χ4v) is 6.55. The van der Waals surface area contributed by atoms with Crippen LogP contribution >= 0.6 is 0 Å². The Labute approximate surface area is 305 Å². The number of carbonyl (C=O) groups is 2. The first kappa shape index (κ1) is 36.9. The second-order valence-electron chi connectivity index (χ2n) is 17.0.